The summed E-state index contributed by atoms with van der Waals surface area (Å²) >= 11 is 0. The van der Waals surface area contributed by atoms with Gasteiger partial charge in [-0.25, -0.2) is 4.79 Å². The summed E-state index contributed by atoms with van der Waals surface area (Å²) in [7, 11) is 0. The minimum atomic E-state index is -0.983. The Kier molecular flexibility index (Phi) is 7.20. The van der Waals surface area contributed by atoms with Gasteiger partial charge in [0, 0.05) is 18.4 Å². The highest BCUT2D eigenvalue weighted by atomic mass is 16.5. The van der Waals surface area contributed by atoms with Crippen molar-refractivity contribution in [3.8, 4) is 11.1 Å². The molecule has 2 aromatic carbocycles. The molecule has 2 aliphatic rings. The minimum Gasteiger partial charge on any atom is -0.481 e. The Bertz CT molecular complexity index is 1010. The molecular formula is C27H32N2O5. The minimum absolute atomic E-state index is 0.0410. The van der Waals surface area contributed by atoms with Gasteiger partial charge in [0.25, 0.3) is 0 Å². The van der Waals surface area contributed by atoms with Crippen molar-refractivity contribution in [2.45, 2.75) is 69.4 Å². The van der Waals surface area contributed by atoms with E-state index in [-0.39, 0.29) is 30.9 Å². The maximum Gasteiger partial charge on any atom is 0.408 e. The zero-order chi connectivity index (χ0) is 24.1. The van der Waals surface area contributed by atoms with E-state index in [1.54, 1.807) is 0 Å². The molecular weight excluding hydrogens is 432 g/mol. The quantitative estimate of drug-likeness (QED) is 0.503. The standard InChI is InChI=1S/C27H32N2O5/c1-18(9-8-14-24(30)31)28-25(32)27(15-6-7-16-27)29-26(33)34-17-23-21-12-4-2-10-19(21)20-11-3-5-13-22(20)23/h2-5,10-13,18,23H,6-9,14-17H2,1H3,(H,28,32)(H,29,33)(H,30,31). The number of ether oxygens (including phenoxy) is 1. The molecule has 0 aromatic heterocycles. The number of aliphatic carboxylic acids is 1. The molecule has 1 atom stereocenters. The molecule has 0 spiro atoms. The topological polar surface area (TPSA) is 105 Å². The lowest BCUT2D eigenvalue weighted by atomic mass is 9.95. The highest BCUT2D eigenvalue weighted by Gasteiger charge is 2.43. The van der Waals surface area contributed by atoms with Crippen LogP contribution in [0.15, 0.2) is 48.5 Å². The van der Waals surface area contributed by atoms with Gasteiger partial charge >= 0.3 is 12.1 Å². The Morgan fingerprint density at radius 2 is 1.62 bits per heavy atom. The first kappa shape index (κ1) is 23.8. The number of carbonyl (C=O) groups excluding carboxylic acids is 2. The monoisotopic (exact) mass is 464 g/mol. The van der Waals surface area contributed by atoms with Crippen LogP contribution in [0.4, 0.5) is 4.79 Å². The van der Waals surface area contributed by atoms with Gasteiger partial charge in [-0.1, -0.05) is 61.4 Å². The fourth-order valence-corrected chi connectivity index (χ4v) is 5.21. The van der Waals surface area contributed by atoms with Gasteiger partial charge in [-0.05, 0) is 54.9 Å². The molecule has 1 fully saturated rings. The molecule has 7 heteroatoms. The van der Waals surface area contributed by atoms with Crippen LogP contribution in [0, 0.1) is 0 Å². The first-order chi connectivity index (χ1) is 16.4. The number of hydrogen-bond acceptors (Lipinski definition) is 4. The van der Waals surface area contributed by atoms with Crippen LogP contribution in [0.1, 0.15) is 68.9 Å². The molecule has 0 saturated heterocycles. The van der Waals surface area contributed by atoms with Gasteiger partial charge < -0.3 is 20.5 Å². The van der Waals surface area contributed by atoms with E-state index in [1.165, 1.54) is 0 Å². The molecule has 1 saturated carbocycles. The highest BCUT2D eigenvalue weighted by molar-refractivity contribution is 5.90. The predicted molar refractivity (Wildman–Crippen MR) is 128 cm³/mol. The summed E-state index contributed by atoms with van der Waals surface area (Å²) in [4.78, 5) is 36.7. The summed E-state index contributed by atoms with van der Waals surface area (Å²) < 4.78 is 5.68. The molecule has 7 nitrogen and oxygen atoms in total. The van der Waals surface area contributed by atoms with Crippen molar-refractivity contribution in [3.63, 3.8) is 0 Å². The van der Waals surface area contributed by atoms with E-state index in [2.05, 4.69) is 34.9 Å². The highest BCUT2D eigenvalue weighted by Crippen LogP contribution is 2.44. The van der Waals surface area contributed by atoms with Gasteiger partial charge in [0.2, 0.25) is 5.91 Å². The number of amides is 2. The molecule has 0 aliphatic heterocycles. The number of hydrogen-bond donors (Lipinski definition) is 3. The molecule has 0 bridgehead atoms. The van der Waals surface area contributed by atoms with E-state index in [0.717, 1.165) is 35.1 Å². The van der Waals surface area contributed by atoms with Crippen LogP contribution in [0.25, 0.3) is 11.1 Å². The summed E-state index contributed by atoms with van der Waals surface area (Å²) in [6.07, 6.45) is 3.37. The van der Waals surface area contributed by atoms with Crippen LogP contribution in [0.5, 0.6) is 0 Å². The first-order valence-corrected chi connectivity index (χ1v) is 12.1. The van der Waals surface area contributed by atoms with Crippen LogP contribution >= 0.6 is 0 Å². The molecule has 3 N–H and O–H groups in total. The van der Waals surface area contributed by atoms with Gasteiger partial charge in [-0.15, -0.1) is 0 Å². The summed E-state index contributed by atoms with van der Waals surface area (Å²) in [5.41, 5.74) is 3.62. The van der Waals surface area contributed by atoms with E-state index in [1.807, 2.05) is 31.2 Å². The largest absolute Gasteiger partial charge is 0.481 e. The van der Waals surface area contributed by atoms with Crippen molar-refractivity contribution in [1.29, 1.82) is 0 Å². The molecule has 1 unspecified atom stereocenters. The van der Waals surface area contributed by atoms with Crippen molar-refractivity contribution in [2.24, 2.45) is 0 Å². The normalized spacial score (nSPS) is 16.9. The number of carboxylic acids is 1. The van der Waals surface area contributed by atoms with Crippen molar-refractivity contribution >= 4 is 18.0 Å². The Labute approximate surface area is 199 Å². The van der Waals surface area contributed by atoms with Gasteiger partial charge in [0.05, 0.1) is 0 Å². The number of carbonyl (C=O) groups is 3. The van der Waals surface area contributed by atoms with Gasteiger partial charge in [0.15, 0.2) is 0 Å². The number of carboxylic acid groups (broad SMARTS) is 1. The fourth-order valence-electron chi connectivity index (χ4n) is 5.21. The molecule has 180 valence electrons. The third-order valence-electron chi connectivity index (χ3n) is 6.98. The lowest BCUT2D eigenvalue weighted by Crippen LogP contribution is -2.58. The number of rotatable bonds is 9. The van der Waals surface area contributed by atoms with E-state index in [0.29, 0.717) is 25.7 Å². The van der Waals surface area contributed by atoms with E-state index < -0.39 is 17.6 Å². The SMILES string of the molecule is CC(CCCC(=O)O)NC(=O)C1(NC(=O)OCC2c3ccccc3-c3ccccc32)CCCC1. The molecule has 34 heavy (non-hydrogen) atoms. The van der Waals surface area contributed by atoms with Crippen molar-refractivity contribution in [1.82, 2.24) is 10.6 Å². The third kappa shape index (κ3) is 5.08. The smallest absolute Gasteiger partial charge is 0.408 e. The predicted octanol–water partition coefficient (Wildman–Crippen LogP) is 4.60. The zero-order valence-corrected chi connectivity index (χ0v) is 19.5. The second kappa shape index (κ2) is 10.3. The number of nitrogens with one attached hydrogen (secondary N) is 2. The molecule has 0 radical (unpaired) electrons. The van der Waals surface area contributed by atoms with Crippen LogP contribution in [-0.2, 0) is 14.3 Å². The fraction of sp³-hybridized carbons (Fsp3) is 0.444. The van der Waals surface area contributed by atoms with Crippen LogP contribution in [0.3, 0.4) is 0 Å². The zero-order valence-electron chi connectivity index (χ0n) is 19.5. The molecule has 4 rings (SSSR count). The summed E-state index contributed by atoms with van der Waals surface area (Å²) in [5, 5.41) is 14.6. The molecule has 2 aliphatic carbocycles. The van der Waals surface area contributed by atoms with Gasteiger partial charge in [0.1, 0.15) is 12.1 Å². The van der Waals surface area contributed by atoms with E-state index in [4.69, 9.17) is 9.84 Å². The van der Waals surface area contributed by atoms with E-state index in [9.17, 15) is 14.4 Å². The maximum absolute atomic E-state index is 13.1. The molecule has 2 amide bonds. The Balaban J connectivity index is 1.37. The Hall–Kier alpha value is -3.35. The van der Waals surface area contributed by atoms with Crippen molar-refractivity contribution in [3.05, 3.63) is 59.7 Å². The van der Waals surface area contributed by atoms with Crippen LogP contribution < -0.4 is 10.6 Å². The summed E-state index contributed by atoms with van der Waals surface area (Å²) in [5.74, 6) is -1.11. The van der Waals surface area contributed by atoms with Crippen LogP contribution in [-0.4, -0.2) is 41.3 Å². The average molecular weight is 465 g/mol. The van der Waals surface area contributed by atoms with Gasteiger partial charge in [-0.3, -0.25) is 9.59 Å². The average Bonchev–Trinajstić information content (AvgIpc) is 3.41. The number of benzene rings is 2. The van der Waals surface area contributed by atoms with Crippen molar-refractivity contribution < 1.29 is 24.2 Å². The summed E-state index contributed by atoms with van der Waals surface area (Å²) in [6, 6.07) is 16.1. The summed E-state index contributed by atoms with van der Waals surface area (Å²) in [6.45, 7) is 2.05. The lowest BCUT2D eigenvalue weighted by Gasteiger charge is -2.30. The molecule has 0 heterocycles. The third-order valence-corrected chi connectivity index (χ3v) is 6.98. The Morgan fingerprint density at radius 3 is 2.21 bits per heavy atom. The number of alkyl carbamates (subject to hydrolysis) is 1. The second-order valence-corrected chi connectivity index (χ2v) is 9.40. The second-order valence-electron chi connectivity index (χ2n) is 9.40. The molecule has 2 aromatic rings. The van der Waals surface area contributed by atoms with Crippen LogP contribution in [0.2, 0.25) is 0 Å². The van der Waals surface area contributed by atoms with E-state index >= 15 is 0 Å². The van der Waals surface area contributed by atoms with Crippen molar-refractivity contribution in [2.75, 3.05) is 6.61 Å². The number of fused-ring (bicyclic) bond motifs is 3. The Morgan fingerprint density at radius 1 is 1.03 bits per heavy atom. The maximum atomic E-state index is 13.1. The first-order valence-electron chi connectivity index (χ1n) is 12.1. The lowest BCUT2D eigenvalue weighted by molar-refractivity contribution is -0.137. The van der Waals surface area contributed by atoms with Gasteiger partial charge in [-0.2, -0.15) is 0 Å².